The third-order valence-corrected chi connectivity index (χ3v) is 7.08. The van der Waals surface area contributed by atoms with Crippen LogP contribution < -0.4 is 10.6 Å². The minimum absolute atomic E-state index is 0.0227. The molecule has 43 heavy (non-hydrogen) atoms. The van der Waals surface area contributed by atoms with Crippen molar-refractivity contribution in [2.45, 2.75) is 32.6 Å². The minimum Gasteiger partial charge on any atom is -0.459 e. The first-order valence-electron chi connectivity index (χ1n) is 14.2. The van der Waals surface area contributed by atoms with Crippen molar-refractivity contribution in [2.24, 2.45) is 0 Å². The molecule has 0 saturated carbocycles. The normalized spacial score (nSPS) is 11.5. The molecule has 3 N–H and O–H groups in total. The summed E-state index contributed by atoms with van der Waals surface area (Å²) in [7, 11) is 0. The number of benzene rings is 4. The van der Waals surface area contributed by atoms with Crippen molar-refractivity contribution in [3.63, 3.8) is 0 Å². The van der Waals surface area contributed by atoms with Crippen LogP contribution in [0.5, 0.6) is 0 Å². The molecule has 0 aliphatic carbocycles. The third-order valence-electron chi connectivity index (χ3n) is 7.08. The molecule has 5 rings (SSSR count). The van der Waals surface area contributed by atoms with Gasteiger partial charge in [-0.15, -0.1) is 0 Å². The molecule has 218 valence electrons. The van der Waals surface area contributed by atoms with Gasteiger partial charge in [0.15, 0.2) is 0 Å². The van der Waals surface area contributed by atoms with Crippen LogP contribution in [0.3, 0.4) is 0 Å². The molecule has 1 atom stereocenters. The molecule has 1 heterocycles. The number of carbonyl (C=O) groups is 3. The molecule has 4 aromatic carbocycles. The van der Waals surface area contributed by atoms with Crippen LogP contribution in [0.15, 0.2) is 109 Å². The van der Waals surface area contributed by atoms with Gasteiger partial charge in [0.1, 0.15) is 24.9 Å². The largest absolute Gasteiger partial charge is 0.459 e. The number of aromatic nitrogens is 1. The Balaban J connectivity index is 1.29. The van der Waals surface area contributed by atoms with Crippen LogP contribution >= 0.6 is 0 Å². The molecule has 0 radical (unpaired) electrons. The molecule has 0 spiro atoms. The standard InChI is InChI=1S/C35H33N3O5/c1-2-26-16-9-10-17-27(26)28-18-11-19-30-29(28)20-31(37-30)33(39)36-21-32(34(40)42-22-24-12-5-3-6-13-24)38-35(41)43-23-25-14-7-4-8-15-25/h3-20,32,37H,2,21-23H2,1H3,(H,36,39)(H,38,41)/t32-/m1/s1. The molecule has 0 bridgehead atoms. The van der Waals surface area contributed by atoms with E-state index in [1.54, 1.807) is 6.07 Å². The zero-order chi connectivity index (χ0) is 30.0. The van der Waals surface area contributed by atoms with Gasteiger partial charge in [-0.3, -0.25) is 4.79 Å². The van der Waals surface area contributed by atoms with E-state index < -0.39 is 24.0 Å². The number of amides is 2. The summed E-state index contributed by atoms with van der Waals surface area (Å²) in [5, 5.41) is 6.21. The summed E-state index contributed by atoms with van der Waals surface area (Å²) in [5.41, 5.74) is 6.09. The van der Waals surface area contributed by atoms with Crippen molar-refractivity contribution in [1.29, 1.82) is 0 Å². The van der Waals surface area contributed by atoms with Crippen molar-refractivity contribution >= 4 is 28.9 Å². The summed E-state index contributed by atoms with van der Waals surface area (Å²) < 4.78 is 10.8. The summed E-state index contributed by atoms with van der Waals surface area (Å²) in [4.78, 5) is 42.1. The summed E-state index contributed by atoms with van der Waals surface area (Å²) in [6.45, 7) is 1.97. The quantitative estimate of drug-likeness (QED) is 0.163. The van der Waals surface area contributed by atoms with Gasteiger partial charge in [0.2, 0.25) is 0 Å². The molecule has 0 aliphatic heterocycles. The van der Waals surface area contributed by atoms with Gasteiger partial charge in [0.25, 0.3) is 5.91 Å². The van der Waals surface area contributed by atoms with E-state index in [-0.39, 0.29) is 19.8 Å². The Labute approximate surface area is 250 Å². The maximum absolute atomic E-state index is 13.2. The lowest BCUT2D eigenvalue weighted by molar-refractivity contribution is -0.147. The molecule has 8 heteroatoms. The number of esters is 1. The van der Waals surface area contributed by atoms with Crippen LogP contribution in [-0.2, 0) is 33.9 Å². The van der Waals surface area contributed by atoms with Gasteiger partial charge >= 0.3 is 12.1 Å². The number of rotatable bonds is 11. The second kappa shape index (κ2) is 14.0. The highest BCUT2D eigenvalue weighted by atomic mass is 16.6. The Bertz CT molecular complexity index is 1700. The van der Waals surface area contributed by atoms with Gasteiger partial charge in [-0.2, -0.15) is 0 Å². The lowest BCUT2D eigenvalue weighted by Crippen LogP contribution is -2.49. The van der Waals surface area contributed by atoms with Crippen molar-refractivity contribution in [2.75, 3.05) is 6.54 Å². The van der Waals surface area contributed by atoms with Gasteiger partial charge in [0.05, 0.1) is 0 Å². The topological polar surface area (TPSA) is 110 Å². The summed E-state index contributed by atoms with van der Waals surface area (Å²) >= 11 is 0. The molecular formula is C35H33N3O5. The van der Waals surface area contributed by atoms with Gasteiger partial charge in [-0.05, 0) is 46.4 Å². The van der Waals surface area contributed by atoms with Crippen LogP contribution in [0.1, 0.15) is 34.1 Å². The number of hydrogen-bond acceptors (Lipinski definition) is 5. The number of hydrogen-bond donors (Lipinski definition) is 3. The minimum atomic E-state index is -1.17. The van der Waals surface area contributed by atoms with Crippen molar-refractivity contribution in [3.8, 4) is 11.1 Å². The van der Waals surface area contributed by atoms with Gasteiger partial charge in [0, 0.05) is 17.4 Å². The maximum Gasteiger partial charge on any atom is 0.408 e. The average Bonchev–Trinajstić information content (AvgIpc) is 3.50. The Morgan fingerprint density at radius 2 is 1.37 bits per heavy atom. The Hall–Kier alpha value is -5.37. The molecular weight excluding hydrogens is 542 g/mol. The van der Waals surface area contributed by atoms with Gasteiger partial charge in [-0.1, -0.05) is 104 Å². The highest BCUT2D eigenvalue weighted by molar-refractivity contribution is 6.03. The SMILES string of the molecule is CCc1ccccc1-c1cccc2[nH]c(C(=O)NC[C@@H](NC(=O)OCc3ccccc3)C(=O)OCc3ccccc3)cc12. The fraction of sp³-hybridized carbons (Fsp3) is 0.171. The van der Waals surface area contributed by atoms with Crippen molar-refractivity contribution in [3.05, 3.63) is 132 Å². The van der Waals surface area contributed by atoms with E-state index in [0.717, 1.165) is 39.6 Å². The molecule has 2 amide bonds. The Kier molecular flexibility index (Phi) is 9.49. The second-order valence-corrected chi connectivity index (χ2v) is 10.0. The summed E-state index contributed by atoms with van der Waals surface area (Å²) in [6.07, 6.45) is 0.0805. The molecule has 0 unspecified atom stereocenters. The van der Waals surface area contributed by atoms with Crippen LogP contribution in [0, 0.1) is 0 Å². The van der Waals surface area contributed by atoms with E-state index in [4.69, 9.17) is 9.47 Å². The lowest BCUT2D eigenvalue weighted by atomic mass is 9.95. The van der Waals surface area contributed by atoms with E-state index in [1.165, 1.54) is 5.56 Å². The molecule has 0 fully saturated rings. The van der Waals surface area contributed by atoms with Crippen LogP contribution in [-0.4, -0.2) is 35.5 Å². The summed E-state index contributed by atoms with van der Waals surface area (Å²) in [5.74, 6) is -1.12. The second-order valence-electron chi connectivity index (χ2n) is 10.0. The van der Waals surface area contributed by atoms with Crippen molar-refractivity contribution < 1.29 is 23.9 Å². The zero-order valence-electron chi connectivity index (χ0n) is 23.8. The van der Waals surface area contributed by atoms with E-state index in [0.29, 0.717) is 5.69 Å². The van der Waals surface area contributed by atoms with Gasteiger partial charge in [-0.25, -0.2) is 9.59 Å². The molecule has 0 aliphatic rings. The van der Waals surface area contributed by atoms with E-state index >= 15 is 0 Å². The number of carbonyl (C=O) groups excluding carboxylic acids is 3. The summed E-state index contributed by atoms with van der Waals surface area (Å²) in [6, 6.07) is 33.1. The highest BCUT2D eigenvalue weighted by Crippen LogP contribution is 2.31. The number of aromatic amines is 1. The maximum atomic E-state index is 13.2. The predicted octanol–water partition coefficient (Wildman–Crippen LogP) is 6.17. The number of ether oxygens (including phenoxy) is 2. The van der Waals surface area contributed by atoms with Crippen molar-refractivity contribution in [1.82, 2.24) is 15.6 Å². The third kappa shape index (κ3) is 7.48. The number of nitrogens with one attached hydrogen (secondary N) is 3. The smallest absolute Gasteiger partial charge is 0.408 e. The molecule has 0 saturated heterocycles. The number of fused-ring (bicyclic) bond motifs is 1. The first kappa shape index (κ1) is 29.1. The van der Waals surface area contributed by atoms with E-state index in [1.807, 2.05) is 91.0 Å². The van der Waals surface area contributed by atoms with E-state index in [2.05, 4.69) is 34.7 Å². The monoisotopic (exact) mass is 575 g/mol. The predicted molar refractivity (Wildman–Crippen MR) is 165 cm³/mol. The van der Waals surface area contributed by atoms with Gasteiger partial charge < -0.3 is 25.1 Å². The number of H-pyrrole nitrogens is 1. The van der Waals surface area contributed by atoms with Crippen LogP contribution in [0.2, 0.25) is 0 Å². The van der Waals surface area contributed by atoms with E-state index in [9.17, 15) is 14.4 Å². The molecule has 8 nitrogen and oxygen atoms in total. The first-order valence-corrected chi connectivity index (χ1v) is 14.2. The lowest BCUT2D eigenvalue weighted by Gasteiger charge is -2.18. The van der Waals surface area contributed by atoms with Crippen LogP contribution in [0.4, 0.5) is 4.79 Å². The Morgan fingerprint density at radius 1 is 0.744 bits per heavy atom. The fourth-order valence-corrected chi connectivity index (χ4v) is 4.82. The molecule has 5 aromatic rings. The number of alkyl carbamates (subject to hydrolysis) is 1. The van der Waals surface area contributed by atoms with Crippen LogP contribution in [0.25, 0.3) is 22.0 Å². The average molecular weight is 576 g/mol. The highest BCUT2D eigenvalue weighted by Gasteiger charge is 2.25. The fourth-order valence-electron chi connectivity index (χ4n) is 4.82. The number of aryl methyl sites for hydroxylation is 1. The zero-order valence-corrected chi connectivity index (χ0v) is 23.8. The Morgan fingerprint density at radius 3 is 2.07 bits per heavy atom. The molecule has 1 aromatic heterocycles. The first-order chi connectivity index (χ1) is 21.0.